The van der Waals surface area contributed by atoms with Crippen LogP contribution >= 0.6 is 0 Å². The molecule has 10 heavy (non-hydrogen) atoms. The second-order valence-corrected chi connectivity index (χ2v) is 3.53. The van der Waals surface area contributed by atoms with Crippen molar-refractivity contribution in [1.29, 1.82) is 0 Å². The third-order valence-corrected chi connectivity index (χ3v) is 2.74. The van der Waals surface area contributed by atoms with Gasteiger partial charge >= 0.3 is 0 Å². The van der Waals surface area contributed by atoms with Crippen LogP contribution in [0.15, 0.2) is 0 Å². The molecule has 0 aromatic rings. The van der Waals surface area contributed by atoms with Gasteiger partial charge in [-0.25, -0.2) is 0 Å². The molecule has 58 valence electrons. The summed E-state index contributed by atoms with van der Waals surface area (Å²) in [5.41, 5.74) is 0. The van der Waals surface area contributed by atoms with Crippen molar-refractivity contribution in [2.45, 2.75) is 37.8 Å². The Morgan fingerprint density at radius 1 is 1.30 bits per heavy atom. The predicted molar refractivity (Wildman–Crippen MR) is 39.8 cm³/mol. The van der Waals surface area contributed by atoms with E-state index < -0.39 is 0 Å². The Labute approximate surface area is 61.8 Å². The van der Waals surface area contributed by atoms with Gasteiger partial charge in [-0.2, -0.15) is 0 Å². The first-order chi connectivity index (χ1) is 4.86. The van der Waals surface area contributed by atoms with Crippen LogP contribution in [-0.4, -0.2) is 35.2 Å². The van der Waals surface area contributed by atoms with Gasteiger partial charge in [0, 0.05) is 12.6 Å². The molecule has 0 aromatic carbocycles. The molecule has 2 nitrogen and oxygen atoms in total. The SMILES string of the molecule is O[C@H]1CC2CCCCN2C1. The molecule has 1 N–H and O–H groups in total. The molecule has 1 unspecified atom stereocenters. The van der Waals surface area contributed by atoms with Crippen LogP contribution in [0.1, 0.15) is 25.7 Å². The molecule has 2 rings (SSSR count). The number of piperidine rings is 1. The highest BCUT2D eigenvalue weighted by Crippen LogP contribution is 2.26. The van der Waals surface area contributed by atoms with Gasteiger partial charge in [0.25, 0.3) is 0 Å². The highest BCUT2D eigenvalue weighted by molar-refractivity contribution is 4.87. The van der Waals surface area contributed by atoms with Crippen LogP contribution in [0.2, 0.25) is 0 Å². The first kappa shape index (κ1) is 6.62. The third-order valence-electron chi connectivity index (χ3n) is 2.74. The van der Waals surface area contributed by atoms with Crippen LogP contribution in [0.25, 0.3) is 0 Å². The van der Waals surface area contributed by atoms with Gasteiger partial charge in [-0.1, -0.05) is 6.42 Å². The van der Waals surface area contributed by atoms with Crippen molar-refractivity contribution >= 4 is 0 Å². The van der Waals surface area contributed by atoms with Crippen LogP contribution < -0.4 is 0 Å². The Kier molecular flexibility index (Phi) is 1.66. The zero-order chi connectivity index (χ0) is 6.97. The lowest BCUT2D eigenvalue weighted by Crippen LogP contribution is -2.34. The number of aliphatic hydroxyl groups is 1. The van der Waals surface area contributed by atoms with Gasteiger partial charge in [0.15, 0.2) is 0 Å². The van der Waals surface area contributed by atoms with E-state index in [0.717, 1.165) is 19.0 Å². The van der Waals surface area contributed by atoms with Gasteiger partial charge in [-0.05, 0) is 25.8 Å². The van der Waals surface area contributed by atoms with E-state index in [0.29, 0.717) is 0 Å². The second-order valence-electron chi connectivity index (χ2n) is 3.53. The third kappa shape index (κ3) is 1.06. The Hall–Kier alpha value is -0.0800. The monoisotopic (exact) mass is 141 g/mol. The Morgan fingerprint density at radius 3 is 3.00 bits per heavy atom. The van der Waals surface area contributed by atoms with E-state index in [1.165, 1.54) is 25.8 Å². The van der Waals surface area contributed by atoms with Gasteiger partial charge < -0.3 is 5.11 Å². The van der Waals surface area contributed by atoms with Crippen LogP contribution in [-0.2, 0) is 0 Å². The molecule has 0 spiro atoms. The van der Waals surface area contributed by atoms with E-state index in [9.17, 15) is 5.11 Å². The molecule has 2 atom stereocenters. The Morgan fingerprint density at radius 2 is 2.20 bits per heavy atom. The molecule has 0 radical (unpaired) electrons. The molecule has 0 aliphatic carbocycles. The van der Waals surface area contributed by atoms with Crippen LogP contribution in [0.3, 0.4) is 0 Å². The molecule has 0 amide bonds. The van der Waals surface area contributed by atoms with Gasteiger partial charge in [-0.3, -0.25) is 4.90 Å². The van der Waals surface area contributed by atoms with Gasteiger partial charge in [0.05, 0.1) is 6.10 Å². The number of hydrogen-bond acceptors (Lipinski definition) is 2. The van der Waals surface area contributed by atoms with Gasteiger partial charge in [0.2, 0.25) is 0 Å². The van der Waals surface area contributed by atoms with Crippen molar-refractivity contribution in [3.05, 3.63) is 0 Å². The van der Waals surface area contributed by atoms with E-state index in [1.54, 1.807) is 0 Å². The smallest absolute Gasteiger partial charge is 0.0682 e. The molecule has 2 heteroatoms. The molecule has 0 saturated carbocycles. The Balaban J connectivity index is 1.97. The summed E-state index contributed by atoms with van der Waals surface area (Å²) >= 11 is 0. The van der Waals surface area contributed by atoms with Crippen molar-refractivity contribution in [2.24, 2.45) is 0 Å². The summed E-state index contributed by atoms with van der Waals surface area (Å²) in [6.45, 7) is 2.16. The minimum atomic E-state index is -0.0249. The van der Waals surface area contributed by atoms with Crippen LogP contribution in [0.5, 0.6) is 0 Å². The lowest BCUT2D eigenvalue weighted by Gasteiger charge is -2.28. The Bertz CT molecular complexity index is 112. The highest BCUT2D eigenvalue weighted by Gasteiger charge is 2.31. The first-order valence-electron chi connectivity index (χ1n) is 4.28. The van der Waals surface area contributed by atoms with E-state index in [1.807, 2.05) is 0 Å². The lowest BCUT2D eigenvalue weighted by atomic mass is 10.0. The summed E-state index contributed by atoms with van der Waals surface area (Å²) in [5.74, 6) is 0. The number of nitrogens with zero attached hydrogens (tertiary/aromatic N) is 1. The molecule has 2 fully saturated rings. The predicted octanol–water partition coefficient (Wildman–Crippen LogP) is 0.605. The number of aliphatic hydroxyl groups excluding tert-OH is 1. The number of rotatable bonds is 0. The van der Waals surface area contributed by atoms with Gasteiger partial charge in [0.1, 0.15) is 0 Å². The van der Waals surface area contributed by atoms with Crippen molar-refractivity contribution in [2.75, 3.05) is 13.1 Å². The van der Waals surface area contributed by atoms with Crippen molar-refractivity contribution < 1.29 is 5.11 Å². The molecule has 0 bridgehead atoms. The van der Waals surface area contributed by atoms with E-state index >= 15 is 0 Å². The molecular formula is C8H15NO. The largest absolute Gasteiger partial charge is 0.392 e. The molecule has 2 heterocycles. The standard InChI is InChI=1S/C8H15NO/c10-8-5-7-3-1-2-4-9(7)6-8/h7-8,10H,1-6H2/t7?,8-/m0/s1. The van der Waals surface area contributed by atoms with E-state index in [-0.39, 0.29) is 6.10 Å². The molecule has 2 saturated heterocycles. The quantitative estimate of drug-likeness (QED) is 0.534. The zero-order valence-corrected chi connectivity index (χ0v) is 6.29. The van der Waals surface area contributed by atoms with Gasteiger partial charge in [-0.15, -0.1) is 0 Å². The minimum absolute atomic E-state index is 0.0249. The number of fused-ring (bicyclic) bond motifs is 1. The maximum absolute atomic E-state index is 9.32. The van der Waals surface area contributed by atoms with Crippen LogP contribution in [0, 0.1) is 0 Å². The van der Waals surface area contributed by atoms with Crippen LogP contribution in [0.4, 0.5) is 0 Å². The lowest BCUT2D eigenvalue weighted by molar-refractivity contribution is 0.166. The van der Waals surface area contributed by atoms with Crippen molar-refractivity contribution in [3.63, 3.8) is 0 Å². The summed E-state index contributed by atoms with van der Waals surface area (Å²) in [7, 11) is 0. The maximum Gasteiger partial charge on any atom is 0.0682 e. The molecular weight excluding hydrogens is 126 g/mol. The zero-order valence-electron chi connectivity index (χ0n) is 6.29. The maximum atomic E-state index is 9.32. The normalized spacial score (nSPS) is 41.7. The van der Waals surface area contributed by atoms with Crippen molar-refractivity contribution in [3.8, 4) is 0 Å². The average molecular weight is 141 g/mol. The fourth-order valence-electron chi connectivity index (χ4n) is 2.23. The average Bonchev–Trinajstić information content (AvgIpc) is 2.27. The fraction of sp³-hybridized carbons (Fsp3) is 1.00. The molecule has 2 aliphatic heterocycles. The van der Waals surface area contributed by atoms with E-state index in [4.69, 9.17) is 0 Å². The summed E-state index contributed by atoms with van der Waals surface area (Å²) in [6.07, 6.45) is 5.02. The fourth-order valence-corrected chi connectivity index (χ4v) is 2.23. The summed E-state index contributed by atoms with van der Waals surface area (Å²) in [4.78, 5) is 2.44. The first-order valence-corrected chi connectivity index (χ1v) is 4.28. The topological polar surface area (TPSA) is 23.5 Å². The van der Waals surface area contributed by atoms with Crippen molar-refractivity contribution in [1.82, 2.24) is 4.90 Å². The molecule has 2 aliphatic rings. The van der Waals surface area contributed by atoms with E-state index in [2.05, 4.69) is 4.90 Å². The summed E-state index contributed by atoms with van der Waals surface area (Å²) in [6, 6.07) is 0.726. The number of hydrogen-bond donors (Lipinski definition) is 1. The summed E-state index contributed by atoms with van der Waals surface area (Å²) < 4.78 is 0. The molecule has 0 aromatic heterocycles. The summed E-state index contributed by atoms with van der Waals surface area (Å²) in [5, 5.41) is 9.32. The second kappa shape index (κ2) is 2.51. The highest BCUT2D eigenvalue weighted by atomic mass is 16.3. The minimum Gasteiger partial charge on any atom is -0.392 e.